The predicted octanol–water partition coefficient (Wildman–Crippen LogP) is 4.43. The van der Waals surface area contributed by atoms with Crippen molar-refractivity contribution < 1.29 is 9.13 Å². The lowest BCUT2D eigenvalue weighted by Crippen LogP contribution is -2.16. The maximum atomic E-state index is 13.6. The minimum absolute atomic E-state index is 0.265. The van der Waals surface area contributed by atoms with Gasteiger partial charge in [-0.15, -0.1) is 0 Å². The van der Waals surface area contributed by atoms with Gasteiger partial charge in [-0.25, -0.2) is 4.39 Å². The lowest BCUT2D eigenvalue weighted by molar-refractivity contribution is 0.282. The van der Waals surface area contributed by atoms with Crippen LogP contribution in [0.1, 0.15) is 46.0 Å². The summed E-state index contributed by atoms with van der Waals surface area (Å²) in [4.78, 5) is 0. The average molecular weight is 294 g/mol. The van der Waals surface area contributed by atoms with Crippen molar-refractivity contribution >= 4 is 11.4 Å². The Hall–Kier alpha value is -1.45. The summed E-state index contributed by atoms with van der Waals surface area (Å²) in [5.41, 5.74) is 7.07. The van der Waals surface area contributed by atoms with E-state index >= 15 is 0 Å². The number of nitrogen functional groups attached to an aromatic ring is 1. The van der Waals surface area contributed by atoms with Crippen LogP contribution in [0.15, 0.2) is 12.1 Å². The Morgan fingerprint density at radius 1 is 1.29 bits per heavy atom. The maximum absolute atomic E-state index is 13.6. The highest BCUT2D eigenvalue weighted by molar-refractivity contribution is 5.68. The van der Waals surface area contributed by atoms with E-state index in [0.29, 0.717) is 12.3 Å². The van der Waals surface area contributed by atoms with Crippen molar-refractivity contribution in [3.05, 3.63) is 17.9 Å². The smallest absolute Gasteiger partial charge is 0.167 e. The monoisotopic (exact) mass is 294 g/mol. The third-order valence-electron chi connectivity index (χ3n) is 4.41. The van der Waals surface area contributed by atoms with E-state index in [1.54, 1.807) is 6.07 Å². The molecule has 0 amide bonds. The number of nitrogens with one attached hydrogen (secondary N) is 1. The van der Waals surface area contributed by atoms with Gasteiger partial charge in [0.25, 0.3) is 0 Å². The second-order valence-electron chi connectivity index (χ2n) is 6.14. The number of benzene rings is 1. The molecule has 0 spiro atoms. The first-order valence-electron chi connectivity index (χ1n) is 8.05. The summed E-state index contributed by atoms with van der Waals surface area (Å²) in [7, 11) is 0. The van der Waals surface area contributed by atoms with E-state index in [-0.39, 0.29) is 5.75 Å². The summed E-state index contributed by atoms with van der Waals surface area (Å²) >= 11 is 0. The molecule has 1 saturated carbocycles. The van der Waals surface area contributed by atoms with Crippen molar-refractivity contribution in [1.29, 1.82) is 0 Å². The zero-order valence-corrected chi connectivity index (χ0v) is 13.1. The van der Waals surface area contributed by atoms with Crippen LogP contribution in [0.25, 0.3) is 0 Å². The van der Waals surface area contributed by atoms with Crippen molar-refractivity contribution in [2.24, 2.45) is 11.8 Å². The lowest BCUT2D eigenvalue weighted by atomic mass is 9.81. The molecule has 4 heteroatoms. The Kier molecular flexibility index (Phi) is 5.71. The van der Waals surface area contributed by atoms with Gasteiger partial charge < -0.3 is 15.8 Å². The fraction of sp³-hybridized carbons (Fsp3) is 0.647. The van der Waals surface area contributed by atoms with E-state index in [1.807, 2.05) is 6.92 Å². The van der Waals surface area contributed by atoms with E-state index in [4.69, 9.17) is 10.5 Å². The van der Waals surface area contributed by atoms with Crippen molar-refractivity contribution in [2.75, 3.05) is 24.2 Å². The Morgan fingerprint density at radius 3 is 2.67 bits per heavy atom. The van der Waals surface area contributed by atoms with Crippen molar-refractivity contribution in [3.8, 4) is 5.75 Å². The number of halogens is 1. The number of rotatable bonds is 6. The topological polar surface area (TPSA) is 47.3 Å². The quantitative estimate of drug-likeness (QED) is 0.763. The van der Waals surface area contributed by atoms with Gasteiger partial charge in [-0.2, -0.15) is 0 Å². The molecule has 0 radical (unpaired) electrons. The molecule has 0 heterocycles. The fourth-order valence-corrected chi connectivity index (χ4v) is 3.02. The van der Waals surface area contributed by atoms with Crippen LogP contribution < -0.4 is 15.8 Å². The first kappa shape index (κ1) is 15.9. The van der Waals surface area contributed by atoms with Crippen LogP contribution in [0, 0.1) is 17.7 Å². The molecule has 118 valence electrons. The highest BCUT2D eigenvalue weighted by Crippen LogP contribution is 2.31. The van der Waals surface area contributed by atoms with Gasteiger partial charge in [0.15, 0.2) is 11.6 Å². The normalized spacial score (nSPS) is 22.0. The number of anilines is 2. The third-order valence-corrected chi connectivity index (χ3v) is 4.41. The molecule has 0 saturated heterocycles. The minimum atomic E-state index is -0.402. The highest BCUT2D eigenvalue weighted by atomic mass is 19.1. The van der Waals surface area contributed by atoms with Crippen LogP contribution in [0.3, 0.4) is 0 Å². The molecule has 1 aliphatic rings. The number of nitrogens with two attached hydrogens (primary N) is 1. The highest BCUT2D eigenvalue weighted by Gasteiger charge is 2.17. The molecule has 1 aliphatic carbocycles. The molecule has 21 heavy (non-hydrogen) atoms. The van der Waals surface area contributed by atoms with Gasteiger partial charge in [0.1, 0.15) is 0 Å². The standard InChI is InChI=1S/C17H27FN2O/c1-3-21-17-11-16(15(19)10-14(17)18)20-9-8-13-6-4-12(2)5-7-13/h10-13,20H,3-9,19H2,1-2H3. The Morgan fingerprint density at radius 2 is 2.00 bits per heavy atom. The van der Waals surface area contributed by atoms with Crippen LogP contribution in [0.2, 0.25) is 0 Å². The first-order valence-corrected chi connectivity index (χ1v) is 8.05. The molecule has 3 nitrogen and oxygen atoms in total. The van der Waals surface area contributed by atoms with Crippen molar-refractivity contribution in [1.82, 2.24) is 0 Å². The Balaban J connectivity index is 1.86. The van der Waals surface area contributed by atoms with Crippen LogP contribution in [0.4, 0.5) is 15.8 Å². The molecule has 3 N–H and O–H groups in total. The first-order chi connectivity index (χ1) is 10.1. The van der Waals surface area contributed by atoms with Gasteiger partial charge in [-0.1, -0.05) is 32.6 Å². The second kappa shape index (κ2) is 7.53. The number of hydrogen-bond donors (Lipinski definition) is 2. The molecule has 1 aromatic carbocycles. The van der Waals surface area contributed by atoms with E-state index in [9.17, 15) is 4.39 Å². The van der Waals surface area contributed by atoms with Gasteiger partial charge in [0.05, 0.1) is 18.0 Å². The van der Waals surface area contributed by atoms with Gasteiger partial charge in [0, 0.05) is 18.7 Å². The Labute approximate surface area is 127 Å². The lowest BCUT2D eigenvalue weighted by Gasteiger charge is -2.26. The minimum Gasteiger partial charge on any atom is -0.491 e. The average Bonchev–Trinajstić information content (AvgIpc) is 2.46. The van der Waals surface area contributed by atoms with Crippen LogP contribution in [-0.2, 0) is 0 Å². The third kappa shape index (κ3) is 4.51. The SMILES string of the molecule is CCOc1cc(NCCC2CCC(C)CC2)c(N)cc1F. The molecule has 0 atom stereocenters. The summed E-state index contributed by atoms with van der Waals surface area (Å²) in [6.45, 7) is 5.50. The van der Waals surface area contributed by atoms with Crippen LogP contribution in [0.5, 0.6) is 5.75 Å². The molecule has 1 fully saturated rings. The van der Waals surface area contributed by atoms with Crippen LogP contribution >= 0.6 is 0 Å². The maximum Gasteiger partial charge on any atom is 0.167 e. The number of ether oxygens (including phenoxy) is 1. The molecule has 0 aliphatic heterocycles. The zero-order valence-electron chi connectivity index (χ0n) is 13.1. The van der Waals surface area contributed by atoms with E-state index in [2.05, 4.69) is 12.2 Å². The Bertz CT molecular complexity index is 456. The van der Waals surface area contributed by atoms with E-state index in [1.165, 1.54) is 31.7 Å². The van der Waals surface area contributed by atoms with E-state index < -0.39 is 5.82 Å². The van der Waals surface area contributed by atoms with Gasteiger partial charge in [0.2, 0.25) is 0 Å². The summed E-state index contributed by atoms with van der Waals surface area (Å²) in [6, 6.07) is 2.99. The van der Waals surface area contributed by atoms with Gasteiger partial charge >= 0.3 is 0 Å². The molecule has 0 bridgehead atoms. The largest absolute Gasteiger partial charge is 0.491 e. The van der Waals surface area contributed by atoms with Crippen molar-refractivity contribution in [2.45, 2.75) is 46.0 Å². The van der Waals surface area contributed by atoms with Crippen LogP contribution in [-0.4, -0.2) is 13.2 Å². The predicted molar refractivity (Wildman–Crippen MR) is 86.2 cm³/mol. The fourth-order valence-electron chi connectivity index (χ4n) is 3.02. The van der Waals surface area contributed by atoms with Gasteiger partial charge in [-0.3, -0.25) is 0 Å². The summed E-state index contributed by atoms with van der Waals surface area (Å²) in [6.07, 6.45) is 6.49. The molecule has 2 rings (SSSR count). The summed E-state index contributed by atoms with van der Waals surface area (Å²) < 4.78 is 18.9. The number of hydrogen-bond acceptors (Lipinski definition) is 3. The molecule has 0 aromatic heterocycles. The molecule has 1 aromatic rings. The molecule has 0 unspecified atom stereocenters. The van der Waals surface area contributed by atoms with E-state index in [0.717, 1.165) is 30.5 Å². The summed E-state index contributed by atoms with van der Waals surface area (Å²) in [5.74, 6) is 1.55. The second-order valence-corrected chi connectivity index (χ2v) is 6.14. The van der Waals surface area contributed by atoms with Gasteiger partial charge in [-0.05, 0) is 25.2 Å². The summed E-state index contributed by atoms with van der Waals surface area (Å²) in [5, 5.41) is 3.33. The van der Waals surface area contributed by atoms with Crippen molar-refractivity contribution in [3.63, 3.8) is 0 Å². The zero-order chi connectivity index (χ0) is 15.2. The molecular weight excluding hydrogens is 267 g/mol. The molecular formula is C17H27FN2O.